The van der Waals surface area contributed by atoms with E-state index in [9.17, 15) is 14.3 Å². The van der Waals surface area contributed by atoms with E-state index in [4.69, 9.17) is 15.6 Å². The molecule has 5 N–H and O–H groups in total. The molecule has 6 atom stereocenters. The number of carbonyl (C=O) groups is 1. The Morgan fingerprint density at radius 1 is 1.67 bits per heavy atom. The molecule has 2 aliphatic heterocycles. The van der Waals surface area contributed by atoms with Crippen LogP contribution in [0.4, 0.5) is 9.18 Å². The van der Waals surface area contributed by atoms with Crippen LogP contribution in [0, 0.1) is 5.92 Å². The zero-order valence-electron chi connectivity index (χ0n) is 9.99. The van der Waals surface area contributed by atoms with Gasteiger partial charge in [0.25, 0.3) is 0 Å². The molecule has 0 aliphatic carbocycles. The summed E-state index contributed by atoms with van der Waals surface area (Å²) in [7, 11) is 0. The second-order valence-corrected chi connectivity index (χ2v) is 4.79. The van der Waals surface area contributed by atoms with Gasteiger partial charge < -0.3 is 26.0 Å². The van der Waals surface area contributed by atoms with Crippen LogP contribution in [0.2, 0.25) is 0 Å². The van der Waals surface area contributed by atoms with Gasteiger partial charge in [0.15, 0.2) is 12.4 Å². The number of nitrogens with zero attached hydrogens (tertiary/aromatic N) is 1. The lowest BCUT2D eigenvalue weighted by Crippen LogP contribution is -2.63. The number of nitrogens with one attached hydrogen (secondary N) is 1. The summed E-state index contributed by atoms with van der Waals surface area (Å²) in [6.45, 7) is 1.56. The Morgan fingerprint density at radius 2 is 2.33 bits per heavy atom. The number of alkyl halides is 1. The fourth-order valence-corrected chi connectivity index (χ4v) is 2.20. The number of aliphatic hydroxyl groups is 2. The first-order valence-corrected chi connectivity index (χ1v) is 5.87. The first kappa shape index (κ1) is 13.5. The van der Waals surface area contributed by atoms with Crippen molar-refractivity contribution in [3.63, 3.8) is 0 Å². The van der Waals surface area contributed by atoms with E-state index >= 15 is 0 Å². The number of urea groups is 1. The molecule has 0 saturated carbocycles. The molecular weight excluding hydrogens is 244 g/mol. The number of carbonyl (C=O) groups excluding carboxylic acids is 1. The van der Waals surface area contributed by atoms with Crippen LogP contribution in [0.25, 0.3) is 0 Å². The van der Waals surface area contributed by atoms with Gasteiger partial charge in [0.05, 0.1) is 12.8 Å². The molecule has 104 valence electrons. The summed E-state index contributed by atoms with van der Waals surface area (Å²) in [5, 5.41) is 21.0. The third-order valence-corrected chi connectivity index (χ3v) is 3.43. The number of aliphatic hydroxyl groups excluding tert-OH is 2. The van der Waals surface area contributed by atoms with E-state index in [-0.39, 0.29) is 12.5 Å². The monoisotopic (exact) mass is 262 g/mol. The molecule has 2 rings (SSSR count). The van der Waals surface area contributed by atoms with Gasteiger partial charge in [0.2, 0.25) is 0 Å². The van der Waals surface area contributed by atoms with Crippen LogP contribution < -0.4 is 11.1 Å². The van der Waals surface area contributed by atoms with Gasteiger partial charge in [-0.15, -0.1) is 0 Å². The largest absolute Gasteiger partial charge is 0.394 e. The number of hydrogen-bond donors (Lipinski definition) is 4. The van der Waals surface area contributed by atoms with Crippen LogP contribution >= 0.6 is 0 Å². The van der Waals surface area contributed by atoms with Crippen LogP contribution in [0.5, 0.6) is 0 Å². The Kier molecular flexibility index (Phi) is 3.71. The van der Waals surface area contributed by atoms with Crippen LogP contribution in [-0.4, -0.2) is 65.1 Å². The maximum Gasteiger partial charge on any atom is 0.320 e. The molecular formula is C10H18FN3O4. The van der Waals surface area contributed by atoms with Gasteiger partial charge in [0.1, 0.15) is 12.2 Å². The van der Waals surface area contributed by atoms with Crippen molar-refractivity contribution in [2.24, 2.45) is 11.7 Å². The summed E-state index contributed by atoms with van der Waals surface area (Å²) in [5.41, 5.74) is 5.66. The zero-order valence-corrected chi connectivity index (χ0v) is 9.99. The van der Waals surface area contributed by atoms with Crippen LogP contribution in [0.1, 0.15) is 6.92 Å². The maximum atomic E-state index is 13.9. The minimum absolute atomic E-state index is 0.0659. The molecule has 2 aliphatic rings. The minimum Gasteiger partial charge on any atom is -0.394 e. The zero-order chi connectivity index (χ0) is 13.4. The van der Waals surface area contributed by atoms with E-state index in [1.54, 1.807) is 0 Å². The molecule has 2 fully saturated rings. The minimum atomic E-state index is -1.74. The lowest BCUT2D eigenvalue weighted by molar-refractivity contribution is -0.0791. The van der Waals surface area contributed by atoms with Gasteiger partial charge in [-0.2, -0.15) is 0 Å². The Labute approximate surface area is 104 Å². The van der Waals surface area contributed by atoms with Crippen molar-refractivity contribution >= 4 is 6.03 Å². The highest BCUT2D eigenvalue weighted by Gasteiger charge is 2.49. The fraction of sp³-hybridized carbons (Fsp3) is 0.900. The summed E-state index contributed by atoms with van der Waals surface area (Å²) >= 11 is 0. The average Bonchev–Trinajstić information content (AvgIpc) is 2.61. The molecule has 7 nitrogen and oxygen atoms in total. The molecule has 2 unspecified atom stereocenters. The number of hydrogen-bond acceptors (Lipinski definition) is 5. The summed E-state index contributed by atoms with van der Waals surface area (Å²) in [6, 6.07) is -0.529. The molecule has 0 aromatic heterocycles. The highest BCUT2D eigenvalue weighted by atomic mass is 18.2. The molecule has 0 aromatic carbocycles. The van der Waals surface area contributed by atoms with Gasteiger partial charge in [-0.05, 0) is 0 Å². The normalized spacial score (nSPS) is 45.2. The smallest absolute Gasteiger partial charge is 0.320 e. The van der Waals surface area contributed by atoms with Crippen molar-refractivity contribution in [3.8, 4) is 0 Å². The van der Waals surface area contributed by atoms with Crippen molar-refractivity contribution in [2.75, 3.05) is 13.2 Å². The maximum absolute atomic E-state index is 13.9. The summed E-state index contributed by atoms with van der Waals surface area (Å²) < 4.78 is 19.0. The molecule has 0 spiro atoms. The van der Waals surface area contributed by atoms with Gasteiger partial charge in [-0.25, -0.2) is 9.18 Å². The third kappa shape index (κ3) is 2.16. The highest BCUT2D eigenvalue weighted by molar-refractivity contribution is 5.75. The van der Waals surface area contributed by atoms with E-state index in [1.165, 1.54) is 0 Å². The molecule has 0 aromatic rings. The molecule has 0 radical (unpaired) electrons. The molecule has 18 heavy (non-hydrogen) atoms. The van der Waals surface area contributed by atoms with Gasteiger partial charge in [-0.1, -0.05) is 6.92 Å². The predicted molar refractivity (Wildman–Crippen MR) is 59.0 cm³/mol. The quantitative estimate of drug-likeness (QED) is 0.477. The van der Waals surface area contributed by atoms with Crippen molar-refractivity contribution in [1.29, 1.82) is 0 Å². The van der Waals surface area contributed by atoms with Crippen molar-refractivity contribution < 1.29 is 24.1 Å². The van der Waals surface area contributed by atoms with E-state index < -0.39 is 43.4 Å². The standard InChI is InChI=1S/C10H18FN3O4/c1-4-2-14(10(17)13-8(4)12)9-6(11)7(16)5(3-15)18-9/h4-9,15-16H,2-3,12H2,1H3,(H,13,17)/t4-,5+,6-,7?,8+,9?/m0/s1/i11-1. The molecule has 2 amide bonds. The summed E-state index contributed by atoms with van der Waals surface area (Å²) in [4.78, 5) is 12.9. The van der Waals surface area contributed by atoms with E-state index in [2.05, 4.69) is 5.32 Å². The van der Waals surface area contributed by atoms with E-state index in [0.717, 1.165) is 4.90 Å². The van der Waals surface area contributed by atoms with Crippen LogP contribution in [0.3, 0.4) is 0 Å². The van der Waals surface area contributed by atoms with Gasteiger partial charge in [-0.3, -0.25) is 4.90 Å². The molecule has 8 heteroatoms. The SMILES string of the molecule is C[C@H]1CN(C2O[C@H](CO)C(O)[C@@H]2[18F])C(=O)N[C@H]1N. The number of rotatable bonds is 2. The Hall–Kier alpha value is -0.960. The van der Waals surface area contributed by atoms with Gasteiger partial charge >= 0.3 is 6.03 Å². The van der Waals surface area contributed by atoms with E-state index in [1.807, 2.05) is 6.92 Å². The topological polar surface area (TPSA) is 108 Å². The third-order valence-electron chi connectivity index (χ3n) is 3.43. The number of ether oxygens (including phenoxy) is 1. The highest BCUT2D eigenvalue weighted by Crippen LogP contribution is 2.28. The van der Waals surface area contributed by atoms with Crippen molar-refractivity contribution in [2.45, 2.75) is 37.7 Å². The predicted octanol–water partition coefficient (Wildman–Crippen LogP) is -1.65. The Balaban J connectivity index is 2.10. The van der Waals surface area contributed by atoms with Crippen molar-refractivity contribution in [3.05, 3.63) is 0 Å². The Bertz CT molecular complexity index is 332. The lowest BCUT2D eigenvalue weighted by Gasteiger charge is -2.39. The first-order chi connectivity index (χ1) is 8.45. The molecule has 2 heterocycles. The lowest BCUT2D eigenvalue weighted by atomic mass is 10.1. The van der Waals surface area contributed by atoms with Crippen molar-refractivity contribution in [1.82, 2.24) is 10.2 Å². The fourth-order valence-electron chi connectivity index (χ4n) is 2.20. The second kappa shape index (κ2) is 4.96. The molecule has 0 bridgehead atoms. The van der Waals surface area contributed by atoms with Gasteiger partial charge in [0, 0.05) is 12.5 Å². The summed E-state index contributed by atoms with van der Waals surface area (Å²) in [5.74, 6) is -0.0659. The van der Waals surface area contributed by atoms with Crippen LogP contribution in [0.15, 0.2) is 0 Å². The first-order valence-electron chi connectivity index (χ1n) is 5.87. The average molecular weight is 262 g/mol. The summed E-state index contributed by atoms with van der Waals surface area (Å²) in [6.07, 6.45) is -5.85. The van der Waals surface area contributed by atoms with Crippen LogP contribution in [-0.2, 0) is 4.74 Å². The second-order valence-electron chi connectivity index (χ2n) is 4.79. The number of nitrogens with two attached hydrogens (primary N) is 1. The molecule has 2 saturated heterocycles. The van der Waals surface area contributed by atoms with E-state index in [0.29, 0.717) is 0 Å². The number of halogens is 1. The number of amides is 2. The Morgan fingerprint density at radius 3 is 2.89 bits per heavy atom.